The molecule has 1 aliphatic carbocycles. The summed E-state index contributed by atoms with van der Waals surface area (Å²) in [4.78, 5) is 2.47. The summed E-state index contributed by atoms with van der Waals surface area (Å²) in [6.07, 6.45) is 8.49. The minimum Gasteiger partial charge on any atom is -0.393 e. The van der Waals surface area contributed by atoms with Crippen molar-refractivity contribution in [3.63, 3.8) is 0 Å². The van der Waals surface area contributed by atoms with Gasteiger partial charge in [-0.3, -0.25) is 4.90 Å². The van der Waals surface area contributed by atoms with Crippen molar-refractivity contribution in [2.45, 2.75) is 63.6 Å². The first-order valence-electron chi connectivity index (χ1n) is 8.56. The van der Waals surface area contributed by atoms with E-state index in [1.807, 2.05) is 0 Å². The maximum Gasteiger partial charge on any atom is 0.0564 e. The first-order valence-corrected chi connectivity index (χ1v) is 8.56. The van der Waals surface area contributed by atoms with Gasteiger partial charge in [-0.1, -0.05) is 37.5 Å². The van der Waals surface area contributed by atoms with Crippen molar-refractivity contribution in [3.8, 4) is 0 Å². The molecule has 1 aliphatic heterocycles. The van der Waals surface area contributed by atoms with Crippen LogP contribution in [0, 0.1) is 0 Å². The van der Waals surface area contributed by atoms with Crippen LogP contribution in [0.15, 0.2) is 24.3 Å². The van der Waals surface area contributed by atoms with E-state index >= 15 is 0 Å². The highest BCUT2D eigenvalue weighted by atomic mass is 16.3. The lowest BCUT2D eigenvalue weighted by atomic mass is 9.95. The van der Waals surface area contributed by atoms with Gasteiger partial charge in [-0.2, -0.15) is 0 Å². The summed E-state index contributed by atoms with van der Waals surface area (Å²) in [7, 11) is 0. The normalized spacial score (nSPS) is 22.3. The molecular weight excluding hydrogens is 260 g/mol. The Balaban J connectivity index is 1.61. The van der Waals surface area contributed by atoms with E-state index in [2.05, 4.69) is 34.5 Å². The summed E-state index contributed by atoms with van der Waals surface area (Å²) in [5.41, 5.74) is 2.72. The summed E-state index contributed by atoms with van der Waals surface area (Å²) >= 11 is 0. The van der Waals surface area contributed by atoms with Crippen molar-refractivity contribution in [1.82, 2.24) is 4.90 Å². The number of hydrogen-bond donors (Lipinski definition) is 2. The van der Waals surface area contributed by atoms with Crippen LogP contribution in [0.1, 0.15) is 50.5 Å². The van der Waals surface area contributed by atoms with Gasteiger partial charge in [-0.15, -0.1) is 0 Å². The Hall–Kier alpha value is -1.06. The Morgan fingerprint density at radius 3 is 2.48 bits per heavy atom. The number of anilines is 1. The van der Waals surface area contributed by atoms with Gasteiger partial charge in [0.1, 0.15) is 0 Å². The molecule has 1 saturated heterocycles. The van der Waals surface area contributed by atoms with E-state index in [-0.39, 0.29) is 6.10 Å². The number of aliphatic hydroxyl groups is 1. The summed E-state index contributed by atoms with van der Waals surface area (Å²) in [6, 6.07) is 9.40. The second kappa shape index (κ2) is 7.28. The van der Waals surface area contributed by atoms with Crippen molar-refractivity contribution < 1.29 is 5.11 Å². The Morgan fingerprint density at radius 1 is 1.00 bits per heavy atom. The zero-order chi connectivity index (χ0) is 14.5. The lowest BCUT2D eigenvalue weighted by molar-refractivity contribution is 0.0793. The fourth-order valence-corrected chi connectivity index (χ4v) is 3.58. The third-order valence-corrected chi connectivity index (χ3v) is 4.93. The molecule has 3 rings (SSSR count). The molecule has 116 valence electrons. The molecule has 1 aromatic carbocycles. The molecule has 0 radical (unpaired) electrons. The van der Waals surface area contributed by atoms with Crippen LogP contribution < -0.4 is 5.32 Å². The van der Waals surface area contributed by atoms with E-state index in [4.69, 9.17) is 0 Å². The number of aliphatic hydroxyl groups excluding tert-OH is 1. The maximum atomic E-state index is 9.62. The molecule has 1 heterocycles. The van der Waals surface area contributed by atoms with Crippen LogP contribution in [-0.4, -0.2) is 35.2 Å². The lowest BCUT2D eigenvalue weighted by Crippen LogP contribution is -2.35. The average Bonchev–Trinajstić information content (AvgIpc) is 2.52. The minimum atomic E-state index is -0.0862. The third kappa shape index (κ3) is 4.21. The molecule has 3 nitrogen and oxygen atoms in total. The van der Waals surface area contributed by atoms with Crippen LogP contribution in [-0.2, 0) is 6.54 Å². The molecule has 1 aromatic rings. The maximum absolute atomic E-state index is 9.62. The van der Waals surface area contributed by atoms with Gasteiger partial charge in [-0.25, -0.2) is 0 Å². The average molecular weight is 288 g/mol. The first kappa shape index (κ1) is 14.9. The predicted molar refractivity (Wildman–Crippen MR) is 87.5 cm³/mol. The minimum absolute atomic E-state index is 0.0862. The predicted octanol–water partition coefficient (Wildman–Crippen LogP) is 3.39. The molecule has 21 heavy (non-hydrogen) atoms. The van der Waals surface area contributed by atoms with Gasteiger partial charge in [0, 0.05) is 31.4 Å². The molecule has 0 aromatic heterocycles. The van der Waals surface area contributed by atoms with Crippen molar-refractivity contribution in [3.05, 3.63) is 29.8 Å². The molecule has 0 amide bonds. The standard InChI is InChI=1S/C18H28N2O/c21-17-10-12-20(13-11-17)14-15-6-4-5-9-18(15)19-16-7-2-1-3-8-16/h4-6,9,16-17,19,21H,1-3,7-8,10-14H2. The highest BCUT2D eigenvalue weighted by molar-refractivity contribution is 5.51. The summed E-state index contributed by atoms with van der Waals surface area (Å²) < 4.78 is 0. The molecule has 0 spiro atoms. The molecule has 0 unspecified atom stereocenters. The fourth-order valence-electron chi connectivity index (χ4n) is 3.58. The Labute approximate surface area is 128 Å². The van der Waals surface area contributed by atoms with Crippen LogP contribution in [0.4, 0.5) is 5.69 Å². The number of para-hydroxylation sites is 1. The van der Waals surface area contributed by atoms with Crippen molar-refractivity contribution in [1.29, 1.82) is 0 Å². The van der Waals surface area contributed by atoms with E-state index in [1.165, 1.54) is 43.4 Å². The highest BCUT2D eigenvalue weighted by Gasteiger charge is 2.19. The van der Waals surface area contributed by atoms with E-state index < -0.39 is 0 Å². The third-order valence-electron chi connectivity index (χ3n) is 4.93. The van der Waals surface area contributed by atoms with E-state index in [1.54, 1.807) is 0 Å². The van der Waals surface area contributed by atoms with Gasteiger partial charge >= 0.3 is 0 Å². The first-order chi connectivity index (χ1) is 10.3. The number of nitrogens with zero attached hydrogens (tertiary/aromatic N) is 1. The van der Waals surface area contributed by atoms with Gasteiger partial charge in [-0.05, 0) is 37.3 Å². The van der Waals surface area contributed by atoms with E-state index in [0.29, 0.717) is 6.04 Å². The van der Waals surface area contributed by atoms with Gasteiger partial charge in [0.25, 0.3) is 0 Å². The number of rotatable bonds is 4. The summed E-state index contributed by atoms with van der Waals surface area (Å²) in [5, 5.41) is 13.4. The topological polar surface area (TPSA) is 35.5 Å². The van der Waals surface area contributed by atoms with Crippen molar-refractivity contribution in [2.24, 2.45) is 0 Å². The molecule has 3 heteroatoms. The van der Waals surface area contributed by atoms with Crippen molar-refractivity contribution in [2.75, 3.05) is 18.4 Å². The Bertz CT molecular complexity index is 435. The second-order valence-corrected chi connectivity index (χ2v) is 6.64. The van der Waals surface area contributed by atoms with Gasteiger partial charge in [0.15, 0.2) is 0 Å². The van der Waals surface area contributed by atoms with E-state index in [0.717, 1.165) is 32.5 Å². The smallest absolute Gasteiger partial charge is 0.0564 e. The SMILES string of the molecule is OC1CCN(Cc2ccccc2NC2CCCCC2)CC1. The number of nitrogens with one attached hydrogen (secondary N) is 1. The molecule has 2 aliphatic rings. The Morgan fingerprint density at radius 2 is 1.71 bits per heavy atom. The largest absolute Gasteiger partial charge is 0.393 e. The quantitative estimate of drug-likeness (QED) is 0.891. The number of piperidine rings is 1. The van der Waals surface area contributed by atoms with Crippen LogP contribution in [0.3, 0.4) is 0 Å². The van der Waals surface area contributed by atoms with Gasteiger partial charge in [0.05, 0.1) is 6.10 Å². The van der Waals surface area contributed by atoms with E-state index in [9.17, 15) is 5.11 Å². The molecule has 2 fully saturated rings. The fraction of sp³-hybridized carbons (Fsp3) is 0.667. The second-order valence-electron chi connectivity index (χ2n) is 6.64. The summed E-state index contributed by atoms with van der Waals surface area (Å²) in [5.74, 6) is 0. The zero-order valence-corrected chi connectivity index (χ0v) is 12.9. The van der Waals surface area contributed by atoms with Gasteiger partial charge in [0.2, 0.25) is 0 Å². The molecular formula is C18H28N2O. The lowest BCUT2D eigenvalue weighted by Gasteiger charge is -2.31. The monoisotopic (exact) mass is 288 g/mol. The zero-order valence-electron chi connectivity index (χ0n) is 12.9. The number of benzene rings is 1. The van der Waals surface area contributed by atoms with Crippen LogP contribution in [0.25, 0.3) is 0 Å². The highest BCUT2D eigenvalue weighted by Crippen LogP contribution is 2.25. The molecule has 0 atom stereocenters. The Kier molecular flexibility index (Phi) is 5.15. The van der Waals surface area contributed by atoms with Crippen LogP contribution in [0.5, 0.6) is 0 Å². The summed E-state index contributed by atoms with van der Waals surface area (Å²) in [6.45, 7) is 3.03. The van der Waals surface area contributed by atoms with Crippen molar-refractivity contribution >= 4 is 5.69 Å². The number of likely N-dealkylation sites (tertiary alicyclic amines) is 1. The number of hydrogen-bond acceptors (Lipinski definition) is 3. The van der Waals surface area contributed by atoms with Gasteiger partial charge < -0.3 is 10.4 Å². The van der Waals surface area contributed by atoms with Crippen LogP contribution >= 0.6 is 0 Å². The van der Waals surface area contributed by atoms with Crippen LogP contribution in [0.2, 0.25) is 0 Å². The molecule has 2 N–H and O–H groups in total. The molecule has 0 bridgehead atoms. The molecule has 1 saturated carbocycles.